The van der Waals surface area contributed by atoms with Gasteiger partial charge in [0.15, 0.2) is 0 Å². The molecule has 0 atom stereocenters. The van der Waals surface area contributed by atoms with E-state index in [1.807, 2.05) is 6.07 Å². The van der Waals surface area contributed by atoms with Crippen LogP contribution in [0.25, 0.3) is 0 Å². The molecule has 0 amide bonds. The second-order valence-electron chi connectivity index (χ2n) is 3.66. The highest BCUT2D eigenvalue weighted by atomic mass is 79.9. The molecule has 0 unspecified atom stereocenters. The van der Waals surface area contributed by atoms with Crippen LogP contribution in [0.2, 0.25) is 0 Å². The van der Waals surface area contributed by atoms with Gasteiger partial charge in [-0.3, -0.25) is 0 Å². The van der Waals surface area contributed by atoms with Crippen molar-refractivity contribution >= 4 is 21.7 Å². The molecule has 3 nitrogen and oxygen atoms in total. The molecule has 2 N–H and O–H groups in total. The Morgan fingerprint density at radius 1 is 1.31 bits per heavy atom. The Bertz CT molecular complexity index is 491. The molecule has 0 aliphatic rings. The fraction of sp³-hybridized carbons (Fsp3) is 0.250. The highest BCUT2D eigenvalue weighted by molar-refractivity contribution is 9.10. The molecular weight excluding hydrogens is 266 g/mol. The van der Waals surface area contributed by atoms with Gasteiger partial charge in [-0.15, -0.1) is 0 Å². The lowest BCUT2D eigenvalue weighted by Gasteiger charge is -2.08. The first-order valence-corrected chi connectivity index (χ1v) is 6.05. The number of aryl methyl sites for hydroxylation is 1. The molecule has 0 aliphatic heterocycles. The Balaban J connectivity index is 2.30. The number of nitrogens with zero attached hydrogens (tertiary/aromatic N) is 2. The summed E-state index contributed by atoms with van der Waals surface area (Å²) in [5, 5.41) is 4.23. The first-order chi connectivity index (χ1) is 7.72. The maximum Gasteiger partial charge on any atom is 0.136 e. The largest absolute Gasteiger partial charge is 0.383 e. The average Bonchev–Trinajstić information content (AvgIpc) is 2.62. The van der Waals surface area contributed by atoms with Crippen molar-refractivity contribution in [3.63, 3.8) is 0 Å². The van der Waals surface area contributed by atoms with E-state index in [-0.39, 0.29) is 0 Å². The topological polar surface area (TPSA) is 43.8 Å². The normalized spacial score (nSPS) is 10.6. The Hall–Kier alpha value is -1.29. The van der Waals surface area contributed by atoms with Gasteiger partial charge in [-0.1, -0.05) is 31.2 Å². The van der Waals surface area contributed by atoms with Crippen LogP contribution in [-0.2, 0) is 13.0 Å². The minimum absolute atomic E-state index is 0.672. The first-order valence-electron chi connectivity index (χ1n) is 5.26. The van der Waals surface area contributed by atoms with Crippen LogP contribution in [0.1, 0.15) is 18.1 Å². The summed E-state index contributed by atoms with van der Waals surface area (Å²) >= 11 is 3.36. The molecule has 2 rings (SSSR count). The number of anilines is 1. The van der Waals surface area contributed by atoms with Crippen molar-refractivity contribution in [1.82, 2.24) is 9.78 Å². The number of hydrogen-bond donors (Lipinski definition) is 1. The fourth-order valence-corrected chi connectivity index (χ4v) is 2.01. The van der Waals surface area contributed by atoms with Crippen molar-refractivity contribution in [3.05, 3.63) is 46.1 Å². The number of aromatic nitrogens is 2. The lowest BCUT2D eigenvalue weighted by atomic mass is 10.1. The number of nitrogen functional groups attached to an aromatic ring is 1. The smallest absolute Gasteiger partial charge is 0.136 e. The van der Waals surface area contributed by atoms with Crippen molar-refractivity contribution in [2.75, 3.05) is 5.73 Å². The van der Waals surface area contributed by atoms with E-state index in [0.29, 0.717) is 5.82 Å². The molecule has 4 heteroatoms. The van der Waals surface area contributed by atoms with Gasteiger partial charge in [-0.25, -0.2) is 4.68 Å². The molecule has 0 radical (unpaired) electrons. The van der Waals surface area contributed by atoms with Crippen molar-refractivity contribution < 1.29 is 0 Å². The van der Waals surface area contributed by atoms with Crippen molar-refractivity contribution in [2.24, 2.45) is 0 Å². The van der Waals surface area contributed by atoms with E-state index in [2.05, 4.69) is 46.2 Å². The Labute approximate surface area is 103 Å². The fourth-order valence-electron chi connectivity index (χ4n) is 1.72. The van der Waals surface area contributed by atoms with Crippen LogP contribution >= 0.6 is 15.9 Å². The van der Waals surface area contributed by atoms with E-state index >= 15 is 0 Å². The summed E-state index contributed by atoms with van der Waals surface area (Å²) in [6, 6.07) is 8.37. The van der Waals surface area contributed by atoms with E-state index in [0.717, 1.165) is 17.4 Å². The minimum atomic E-state index is 0.672. The van der Waals surface area contributed by atoms with Crippen LogP contribution < -0.4 is 5.73 Å². The van der Waals surface area contributed by atoms with Crippen LogP contribution in [-0.4, -0.2) is 9.78 Å². The number of nitrogens with two attached hydrogens (primary N) is 1. The van der Waals surface area contributed by atoms with Gasteiger partial charge in [0.2, 0.25) is 0 Å². The minimum Gasteiger partial charge on any atom is -0.383 e. The third-order valence-electron chi connectivity index (χ3n) is 2.65. The number of rotatable bonds is 3. The monoisotopic (exact) mass is 279 g/mol. The SMILES string of the molecule is CCc1ccccc1Cn1ncc(Br)c1N. The van der Waals surface area contributed by atoms with Gasteiger partial charge in [-0.05, 0) is 33.5 Å². The molecule has 0 spiro atoms. The summed E-state index contributed by atoms with van der Waals surface area (Å²) in [5.41, 5.74) is 8.51. The number of benzene rings is 1. The third kappa shape index (κ3) is 2.11. The molecule has 1 aromatic carbocycles. The third-order valence-corrected chi connectivity index (χ3v) is 3.26. The molecule has 0 fully saturated rings. The maximum atomic E-state index is 5.90. The molecule has 0 saturated carbocycles. The molecular formula is C12H14BrN3. The van der Waals surface area contributed by atoms with E-state index in [9.17, 15) is 0 Å². The standard InChI is InChI=1S/C12H14BrN3/c1-2-9-5-3-4-6-10(9)8-16-12(14)11(13)7-15-16/h3-7H,2,8,14H2,1H3. The van der Waals surface area contributed by atoms with Crippen LogP contribution in [0, 0.1) is 0 Å². The lowest BCUT2D eigenvalue weighted by Crippen LogP contribution is -2.07. The van der Waals surface area contributed by atoms with Crippen molar-refractivity contribution in [3.8, 4) is 0 Å². The quantitative estimate of drug-likeness (QED) is 0.939. The second-order valence-corrected chi connectivity index (χ2v) is 4.51. The van der Waals surface area contributed by atoms with Gasteiger partial charge in [0.1, 0.15) is 5.82 Å². The van der Waals surface area contributed by atoms with E-state index in [1.165, 1.54) is 11.1 Å². The lowest BCUT2D eigenvalue weighted by molar-refractivity contribution is 0.691. The summed E-state index contributed by atoms with van der Waals surface area (Å²) in [6.07, 6.45) is 2.75. The zero-order valence-corrected chi connectivity index (χ0v) is 10.7. The Morgan fingerprint density at radius 2 is 2.00 bits per heavy atom. The van der Waals surface area contributed by atoms with Gasteiger partial charge >= 0.3 is 0 Å². The van der Waals surface area contributed by atoms with Gasteiger partial charge < -0.3 is 5.73 Å². The molecule has 0 saturated heterocycles. The summed E-state index contributed by atoms with van der Waals surface area (Å²) in [6.45, 7) is 2.88. The molecule has 0 bridgehead atoms. The van der Waals surface area contributed by atoms with Gasteiger partial charge in [0.05, 0.1) is 17.2 Å². The summed E-state index contributed by atoms with van der Waals surface area (Å²) in [5.74, 6) is 0.672. The average molecular weight is 280 g/mol. The first kappa shape index (κ1) is 11.2. The van der Waals surface area contributed by atoms with Gasteiger partial charge in [0, 0.05) is 0 Å². The van der Waals surface area contributed by atoms with E-state index < -0.39 is 0 Å². The summed E-state index contributed by atoms with van der Waals surface area (Å²) < 4.78 is 2.65. The zero-order valence-electron chi connectivity index (χ0n) is 9.15. The van der Waals surface area contributed by atoms with E-state index in [1.54, 1.807) is 10.9 Å². The van der Waals surface area contributed by atoms with Gasteiger partial charge in [-0.2, -0.15) is 5.10 Å². The summed E-state index contributed by atoms with van der Waals surface area (Å²) in [4.78, 5) is 0. The molecule has 16 heavy (non-hydrogen) atoms. The molecule has 84 valence electrons. The van der Waals surface area contributed by atoms with Crippen LogP contribution in [0.3, 0.4) is 0 Å². The van der Waals surface area contributed by atoms with Gasteiger partial charge in [0.25, 0.3) is 0 Å². The summed E-state index contributed by atoms with van der Waals surface area (Å²) in [7, 11) is 0. The molecule has 1 heterocycles. The Kier molecular flexibility index (Phi) is 3.29. The van der Waals surface area contributed by atoms with Crippen molar-refractivity contribution in [2.45, 2.75) is 19.9 Å². The van der Waals surface area contributed by atoms with Crippen LogP contribution in [0.5, 0.6) is 0 Å². The highest BCUT2D eigenvalue weighted by Gasteiger charge is 2.06. The molecule has 1 aromatic heterocycles. The molecule has 0 aliphatic carbocycles. The maximum absolute atomic E-state index is 5.90. The van der Waals surface area contributed by atoms with E-state index in [4.69, 9.17) is 5.73 Å². The predicted octanol–water partition coefficient (Wildman–Crippen LogP) is 2.84. The second kappa shape index (κ2) is 4.70. The Morgan fingerprint density at radius 3 is 2.56 bits per heavy atom. The van der Waals surface area contributed by atoms with Crippen LogP contribution in [0.4, 0.5) is 5.82 Å². The highest BCUT2D eigenvalue weighted by Crippen LogP contribution is 2.20. The predicted molar refractivity (Wildman–Crippen MR) is 69.3 cm³/mol. The zero-order chi connectivity index (χ0) is 11.5. The molecule has 2 aromatic rings. The number of halogens is 1. The number of hydrogen-bond acceptors (Lipinski definition) is 2. The van der Waals surface area contributed by atoms with Crippen LogP contribution in [0.15, 0.2) is 34.9 Å². The van der Waals surface area contributed by atoms with Crippen molar-refractivity contribution in [1.29, 1.82) is 0 Å².